The van der Waals surface area contributed by atoms with Gasteiger partial charge in [-0.05, 0) is 37.6 Å². The number of Topliss-reactive ketones (excluding diaryl/α,β-unsaturated/α-hetero) is 1. The molecular formula is C11H12F2O2. The van der Waals surface area contributed by atoms with Crippen LogP contribution in [0.5, 0.6) is 5.75 Å². The van der Waals surface area contributed by atoms with Crippen molar-refractivity contribution in [2.75, 3.05) is 6.61 Å². The van der Waals surface area contributed by atoms with Crippen LogP contribution < -0.4 is 4.74 Å². The maximum Gasteiger partial charge on any atom is 0.300 e. The Morgan fingerprint density at radius 3 is 2.60 bits per heavy atom. The molecule has 0 aromatic heterocycles. The zero-order valence-electron chi connectivity index (χ0n) is 8.59. The highest BCUT2D eigenvalue weighted by Crippen LogP contribution is 2.19. The molecule has 1 aromatic rings. The lowest BCUT2D eigenvalue weighted by Crippen LogP contribution is -2.10. The van der Waals surface area contributed by atoms with Gasteiger partial charge >= 0.3 is 6.43 Å². The first-order chi connectivity index (χ1) is 7.04. The lowest BCUT2D eigenvalue weighted by Gasteiger charge is -2.07. The largest absolute Gasteiger partial charge is 0.494 e. The Labute approximate surface area is 86.9 Å². The minimum atomic E-state index is -2.97. The van der Waals surface area contributed by atoms with Crippen molar-refractivity contribution in [3.63, 3.8) is 0 Å². The number of hydrogen-bond donors (Lipinski definition) is 0. The van der Waals surface area contributed by atoms with Gasteiger partial charge in [0, 0.05) is 5.56 Å². The highest BCUT2D eigenvalue weighted by atomic mass is 19.3. The predicted molar refractivity (Wildman–Crippen MR) is 52.7 cm³/mol. The number of benzene rings is 1. The SMILES string of the molecule is CCOc1cc(C)cc(C(=O)C(F)F)c1. The molecule has 0 aliphatic heterocycles. The summed E-state index contributed by atoms with van der Waals surface area (Å²) in [5.74, 6) is -0.721. The highest BCUT2D eigenvalue weighted by Gasteiger charge is 2.18. The van der Waals surface area contributed by atoms with Crippen LogP contribution in [0.4, 0.5) is 8.78 Å². The standard InChI is InChI=1S/C11H12F2O2/c1-3-15-9-5-7(2)4-8(6-9)10(14)11(12)13/h4-6,11H,3H2,1-2H3. The molecule has 0 aliphatic rings. The molecule has 0 aliphatic carbocycles. The minimum absolute atomic E-state index is 0.00606. The van der Waals surface area contributed by atoms with E-state index in [1.165, 1.54) is 12.1 Å². The fraction of sp³-hybridized carbons (Fsp3) is 0.364. The third-order valence-electron chi connectivity index (χ3n) is 1.84. The van der Waals surface area contributed by atoms with Gasteiger partial charge < -0.3 is 4.74 Å². The second-order valence-electron chi connectivity index (χ2n) is 3.13. The Bertz CT molecular complexity index is 362. The van der Waals surface area contributed by atoms with Gasteiger partial charge in [0.2, 0.25) is 5.78 Å². The summed E-state index contributed by atoms with van der Waals surface area (Å²) in [4.78, 5) is 11.0. The Balaban J connectivity index is 3.03. The smallest absolute Gasteiger partial charge is 0.300 e. The molecule has 0 bridgehead atoms. The maximum atomic E-state index is 12.2. The minimum Gasteiger partial charge on any atom is -0.494 e. The number of carbonyl (C=O) groups excluding carboxylic acids is 1. The molecule has 2 nitrogen and oxygen atoms in total. The lowest BCUT2D eigenvalue weighted by molar-refractivity contribution is 0.0678. The molecular weight excluding hydrogens is 202 g/mol. The normalized spacial score (nSPS) is 10.5. The van der Waals surface area contributed by atoms with Crippen molar-refractivity contribution in [2.24, 2.45) is 0 Å². The van der Waals surface area contributed by atoms with Gasteiger partial charge in [0.05, 0.1) is 6.61 Å². The van der Waals surface area contributed by atoms with Crippen LogP contribution in [0, 0.1) is 6.92 Å². The molecule has 0 spiro atoms. The Morgan fingerprint density at radius 2 is 2.07 bits per heavy atom. The summed E-state index contributed by atoms with van der Waals surface area (Å²) in [5, 5.41) is 0. The Kier molecular flexibility index (Phi) is 3.77. The molecule has 0 N–H and O–H groups in total. The third-order valence-corrected chi connectivity index (χ3v) is 1.84. The molecule has 0 heterocycles. The summed E-state index contributed by atoms with van der Waals surface area (Å²) >= 11 is 0. The van der Waals surface area contributed by atoms with Crippen LogP contribution in [0.3, 0.4) is 0 Å². The second-order valence-corrected chi connectivity index (χ2v) is 3.13. The monoisotopic (exact) mass is 214 g/mol. The van der Waals surface area contributed by atoms with Gasteiger partial charge in [-0.2, -0.15) is 0 Å². The average molecular weight is 214 g/mol. The molecule has 0 saturated carbocycles. The fourth-order valence-electron chi connectivity index (χ4n) is 1.27. The van der Waals surface area contributed by atoms with E-state index in [0.717, 1.165) is 5.56 Å². The molecule has 0 unspecified atom stereocenters. The summed E-state index contributed by atoms with van der Waals surface area (Å²) < 4.78 is 29.5. The molecule has 0 amide bonds. The van der Waals surface area contributed by atoms with E-state index in [-0.39, 0.29) is 5.56 Å². The number of hydrogen-bond acceptors (Lipinski definition) is 2. The van der Waals surface area contributed by atoms with Gasteiger partial charge in [-0.15, -0.1) is 0 Å². The Hall–Kier alpha value is -1.45. The number of halogens is 2. The number of aryl methyl sites for hydroxylation is 1. The van der Waals surface area contributed by atoms with E-state index in [1.54, 1.807) is 19.9 Å². The number of ketones is 1. The molecule has 0 atom stereocenters. The van der Waals surface area contributed by atoms with Crippen molar-refractivity contribution in [3.05, 3.63) is 29.3 Å². The van der Waals surface area contributed by atoms with Crippen molar-refractivity contribution in [1.29, 1.82) is 0 Å². The summed E-state index contributed by atoms with van der Waals surface area (Å²) in [6.07, 6.45) is -2.97. The quantitative estimate of drug-likeness (QED) is 0.720. The Morgan fingerprint density at radius 1 is 1.40 bits per heavy atom. The van der Waals surface area contributed by atoms with E-state index in [0.29, 0.717) is 12.4 Å². The van der Waals surface area contributed by atoms with E-state index in [9.17, 15) is 13.6 Å². The van der Waals surface area contributed by atoms with Crippen LogP contribution in [-0.4, -0.2) is 18.8 Å². The first kappa shape index (κ1) is 11.6. The summed E-state index contributed by atoms with van der Waals surface area (Å²) in [6.45, 7) is 3.95. The number of ether oxygens (including phenoxy) is 1. The summed E-state index contributed by atoms with van der Waals surface area (Å²) in [5.41, 5.74) is 0.721. The third kappa shape index (κ3) is 3.01. The molecule has 1 rings (SSSR count). The van der Waals surface area contributed by atoms with Crippen molar-refractivity contribution >= 4 is 5.78 Å². The summed E-state index contributed by atoms with van der Waals surface area (Å²) in [7, 11) is 0. The fourth-order valence-corrected chi connectivity index (χ4v) is 1.27. The van der Waals surface area contributed by atoms with E-state index in [4.69, 9.17) is 4.74 Å². The predicted octanol–water partition coefficient (Wildman–Crippen LogP) is 2.84. The van der Waals surface area contributed by atoms with Crippen LogP contribution >= 0.6 is 0 Å². The average Bonchev–Trinajstić information content (AvgIpc) is 2.16. The van der Waals surface area contributed by atoms with Gasteiger partial charge in [-0.25, -0.2) is 8.78 Å². The van der Waals surface area contributed by atoms with Gasteiger partial charge in [-0.3, -0.25) is 4.79 Å². The van der Waals surface area contributed by atoms with Gasteiger partial charge in [0.15, 0.2) is 0 Å². The number of rotatable bonds is 4. The van der Waals surface area contributed by atoms with Crippen molar-refractivity contribution in [2.45, 2.75) is 20.3 Å². The first-order valence-electron chi connectivity index (χ1n) is 4.61. The van der Waals surface area contributed by atoms with E-state index >= 15 is 0 Å². The van der Waals surface area contributed by atoms with Gasteiger partial charge in [0.1, 0.15) is 5.75 Å². The van der Waals surface area contributed by atoms with Crippen LogP contribution in [0.15, 0.2) is 18.2 Å². The van der Waals surface area contributed by atoms with Crippen LogP contribution in [0.1, 0.15) is 22.8 Å². The molecule has 82 valence electrons. The van der Waals surface area contributed by atoms with Crippen LogP contribution in [0.25, 0.3) is 0 Å². The molecule has 0 fully saturated rings. The van der Waals surface area contributed by atoms with E-state index < -0.39 is 12.2 Å². The zero-order chi connectivity index (χ0) is 11.4. The molecule has 4 heteroatoms. The lowest BCUT2D eigenvalue weighted by atomic mass is 10.1. The summed E-state index contributed by atoms with van der Waals surface area (Å²) in [6, 6.07) is 4.47. The van der Waals surface area contributed by atoms with Gasteiger partial charge in [0.25, 0.3) is 0 Å². The van der Waals surface area contributed by atoms with Gasteiger partial charge in [-0.1, -0.05) is 0 Å². The molecule has 0 radical (unpaired) electrons. The zero-order valence-corrected chi connectivity index (χ0v) is 8.59. The van der Waals surface area contributed by atoms with Crippen LogP contribution in [0.2, 0.25) is 0 Å². The van der Waals surface area contributed by atoms with Crippen molar-refractivity contribution in [1.82, 2.24) is 0 Å². The van der Waals surface area contributed by atoms with E-state index in [2.05, 4.69) is 0 Å². The topological polar surface area (TPSA) is 26.3 Å². The molecule has 1 aromatic carbocycles. The molecule has 15 heavy (non-hydrogen) atoms. The maximum absolute atomic E-state index is 12.2. The molecule has 0 saturated heterocycles. The van der Waals surface area contributed by atoms with Crippen molar-refractivity contribution in [3.8, 4) is 5.75 Å². The van der Waals surface area contributed by atoms with Crippen LogP contribution in [-0.2, 0) is 0 Å². The number of carbonyl (C=O) groups is 1. The highest BCUT2D eigenvalue weighted by molar-refractivity contribution is 5.98. The first-order valence-corrected chi connectivity index (χ1v) is 4.61. The van der Waals surface area contributed by atoms with E-state index in [1.807, 2.05) is 0 Å². The van der Waals surface area contributed by atoms with Crippen molar-refractivity contribution < 1.29 is 18.3 Å². The second kappa shape index (κ2) is 4.87. The number of alkyl halides is 2.